The smallest absolute Gasteiger partial charge is 0.220 e. The maximum Gasteiger partial charge on any atom is 0.220 e. The third-order valence-electron chi connectivity index (χ3n) is 3.20. The summed E-state index contributed by atoms with van der Waals surface area (Å²) in [4.78, 5) is 23.6. The molecule has 0 fully saturated rings. The Morgan fingerprint density at radius 3 is 2.23 bits per heavy atom. The Bertz CT molecular complexity index is 458. The third kappa shape index (κ3) is 8.15. The van der Waals surface area contributed by atoms with Gasteiger partial charge in [-0.15, -0.1) is 12.4 Å². The van der Waals surface area contributed by atoms with Crippen molar-refractivity contribution in [2.24, 2.45) is 5.92 Å². The minimum absolute atomic E-state index is 0. The number of carbonyl (C=O) groups excluding carboxylic acids is 2. The molecule has 0 aromatic heterocycles. The Labute approximate surface area is 139 Å². The van der Waals surface area contributed by atoms with E-state index in [9.17, 15) is 9.59 Å². The molecule has 0 aliphatic heterocycles. The van der Waals surface area contributed by atoms with Crippen LogP contribution < -0.4 is 10.6 Å². The van der Waals surface area contributed by atoms with Gasteiger partial charge in [-0.1, -0.05) is 38.1 Å². The van der Waals surface area contributed by atoms with E-state index in [4.69, 9.17) is 0 Å². The highest BCUT2D eigenvalue weighted by Gasteiger charge is 2.09. The number of halogens is 1. The summed E-state index contributed by atoms with van der Waals surface area (Å²) in [5, 5.41) is 5.72. The van der Waals surface area contributed by atoms with Crippen LogP contribution in [-0.4, -0.2) is 31.8 Å². The highest BCUT2D eigenvalue weighted by atomic mass is 35.5. The van der Waals surface area contributed by atoms with Gasteiger partial charge in [0.1, 0.15) is 0 Å². The summed E-state index contributed by atoms with van der Waals surface area (Å²) in [5.74, 6) is 0.553. The first-order chi connectivity index (χ1) is 10.0. The number of rotatable bonds is 9. The number of nitrogens with one attached hydrogen (secondary N) is 2. The first-order valence-corrected chi connectivity index (χ1v) is 7.56. The lowest BCUT2D eigenvalue weighted by molar-refractivity contribution is -0.121. The van der Waals surface area contributed by atoms with Gasteiger partial charge in [0.05, 0.1) is 0 Å². The molecule has 0 heterocycles. The van der Waals surface area contributed by atoms with Crippen molar-refractivity contribution in [2.75, 3.05) is 20.1 Å². The van der Waals surface area contributed by atoms with Crippen LogP contribution in [0.2, 0.25) is 0 Å². The molecule has 0 atom stereocenters. The van der Waals surface area contributed by atoms with Crippen LogP contribution in [-0.2, 0) is 11.2 Å². The lowest BCUT2D eigenvalue weighted by atomic mass is 9.99. The van der Waals surface area contributed by atoms with Gasteiger partial charge < -0.3 is 10.6 Å². The van der Waals surface area contributed by atoms with E-state index in [1.165, 1.54) is 5.56 Å². The van der Waals surface area contributed by atoms with Crippen LogP contribution in [0.4, 0.5) is 0 Å². The number of Topliss-reactive ketones (excluding diaryl/α,β-unsaturated/α-hetero) is 1. The summed E-state index contributed by atoms with van der Waals surface area (Å²) < 4.78 is 0. The van der Waals surface area contributed by atoms with E-state index in [-0.39, 0.29) is 36.9 Å². The van der Waals surface area contributed by atoms with E-state index in [0.29, 0.717) is 18.0 Å². The molecular formula is C17H27ClN2O2. The fourth-order valence-corrected chi connectivity index (χ4v) is 2.08. The number of amides is 1. The number of likely N-dealkylation sites (N-methyl/N-ethyl adjacent to an activating group) is 1. The van der Waals surface area contributed by atoms with Gasteiger partial charge in [0.25, 0.3) is 0 Å². The third-order valence-corrected chi connectivity index (χ3v) is 3.20. The lowest BCUT2D eigenvalue weighted by Crippen LogP contribution is -2.30. The zero-order valence-corrected chi connectivity index (χ0v) is 14.5. The fourth-order valence-electron chi connectivity index (χ4n) is 2.08. The second-order valence-electron chi connectivity index (χ2n) is 5.67. The van der Waals surface area contributed by atoms with Crippen molar-refractivity contribution >= 4 is 24.1 Å². The van der Waals surface area contributed by atoms with E-state index in [1.54, 1.807) is 0 Å². The van der Waals surface area contributed by atoms with Crippen LogP contribution in [0.5, 0.6) is 0 Å². The van der Waals surface area contributed by atoms with E-state index in [1.807, 2.05) is 31.3 Å². The summed E-state index contributed by atoms with van der Waals surface area (Å²) in [5.41, 5.74) is 1.93. The molecule has 0 spiro atoms. The first kappa shape index (κ1) is 20.6. The molecule has 0 saturated heterocycles. The zero-order valence-electron chi connectivity index (χ0n) is 13.6. The quantitative estimate of drug-likeness (QED) is 0.542. The van der Waals surface area contributed by atoms with E-state index in [0.717, 1.165) is 13.0 Å². The molecule has 4 nitrogen and oxygen atoms in total. The number of hydrogen-bond donors (Lipinski definition) is 2. The van der Waals surface area contributed by atoms with Crippen molar-refractivity contribution in [1.29, 1.82) is 0 Å². The van der Waals surface area contributed by atoms with Gasteiger partial charge in [-0.25, -0.2) is 0 Å². The second-order valence-corrected chi connectivity index (χ2v) is 5.67. The molecule has 0 saturated carbocycles. The molecule has 0 bridgehead atoms. The van der Waals surface area contributed by atoms with E-state index in [2.05, 4.69) is 24.5 Å². The van der Waals surface area contributed by atoms with Crippen LogP contribution in [0.1, 0.15) is 42.6 Å². The molecule has 5 heteroatoms. The molecule has 0 aliphatic carbocycles. The predicted molar refractivity (Wildman–Crippen MR) is 92.7 cm³/mol. The van der Waals surface area contributed by atoms with E-state index < -0.39 is 0 Å². The molecule has 0 unspecified atom stereocenters. The SMILES string of the molecule is CNCCNC(=O)CCC(=O)c1ccc(CC(C)C)cc1.Cl. The van der Waals surface area contributed by atoms with Gasteiger partial charge in [0.15, 0.2) is 5.78 Å². The van der Waals surface area contributed by atoms with Crippen LogP contribution in [0.15, 0.2) is 24.3 Å². The Morgan fingerprint density at radius 1 is 1.05 bits per heavy atom. The summed E-state index contributed by atoms with van der Waals surface area (Å²) >= 11 is 0. The van der Waals surface area contributed by atoms with Gasteiger partial charge in [0, 0.05) is 31.5 Å². The Morgan fingerprint density at radius 2 is 1.68 bits per heavy atom. The molecule has 22 heavy (non-hydrogen) atoms. The minimum atomic E-state index is -0.0740. The number of ketones is 1. The summed E-state index contributed by atoms with van der Waals surface area (Å²) in [6.45, 7) is 5.67. The Balaban J connectivity index is 0.00000441. The van der Waals surface area contributed by atoms with Crippen molar-refractivity contribution in [1.82, 2.24) is 10.6 Å². The number of hydrogen-bond acceptors (Lipinski definition) is 3. The highest BCUT2D eigenvalue weighted by molar-refractivity contribution is 5.97. The molecular weight excluding hydrogens is 300 g/mol. The molecule has 1 aromatic rings. The monoisotopic (exact) mass is 326 g/mol. The van der Waals surface area contributed by atoms with Gasteiger partial charge in [0.2, 0.25) is 5.91 Å². The van der Waals surface area contributed by atoms with Gasteiger partial charge in [-0.3, -0.25) is 9.59 Å². The van der Waals surface area contributed by atoms with Crippen molar-refractivity contribution in [3.8, 4) is 0 Å². The maximum atomic E-state index is 12.0. The standard InChI is InChI=1S/C17H26N2O2.ClH/c1-13(2)12-14-4-6-15(7-5-14)16(20)8-9-17(21)19-11-10-18-3;/h4-7,13,18H,8-12H2,1-3H3,(H,19,21);1H. The topological polar surface area (TPSA) is 58.2 Å². The lowest BCUT2D eigenvalue weighted by Gasteiger charge is -2.07. The summed E-state index contributed by atoms with van der Waals surface area (Å²) in [6, 6.07) is 7.72. The van der Waals surface area contributed by atoms with Gasteiger partial charge >= 0.3 is 0 Å². The average Bonchev–Trinajstić information content (AvgIpc) is 2.45. The van der Waals surface area contributed by atoms with Crippen LogP contribution >= 0.6 is 12.4 Å². The Kier molecular flexibility index (Phi) is 10.5. The normalized spacial score (nSPS) is 10.2. The van der Waals surface area contributed by atoms with Crippen LogP contribution in [0.25, 0.3) is 0 Å². The van der Waals surface area contributed by atoms with Crippen molar-refractivity contribution in [3.05, 3.63) is 35.4 Å². The van der Waals surface area contributed by atoms with Crippen LogP contribution in [0.3, 0.4) is 0 Å². The fraction of sp³-hybridized carbons (Fsp3) is 0.529. The highest BCUT2D eigenvalue weighted by Crippen LogP contribution is 2.11. The average molecular weight is 327 g/mol. The molecule has 124 valence electrons. The largest absolute Gasteiger partial charge is 0.355 e. The summed E-state index contributed by atoms with van der Waals surface area (Å²) in [7, 11) is 1.83. The molecule has 0 aliphatic rings. The van der Waals surface area contributed by atoms with Gasteiger partial charge in [-0.2, -0.15) is 0 Å². The van der Waals surface area contributed by atoms with E-state index >= 15 is 0 Å². The van der Waals surface area contributed by atoms with Gasteiger partial charge in [-0.05, 0) is 24.9 Å². The maximum absolute atomic E-state index is 12.0. The summed E-state index contributed by atoms with van der Waals surface area (Å²) in [6.07, 6.45) is 1.52. The molecule has 1 aromatic carbocycles. The minimum Gasteiger partial charge on any atom is -0.355 e. The molecule has 1 rings (SSSR count). The number of benzene rings is 1. The van der Waals surface area contributed by atoms with Crippen molar-refractivity contribution < 1.29 is 9.59 Å². The molecule has 1 amide bonds. The van der Waals surface area contributed by atoms with Crippen molar-refractivity contribution in [2.45, 2.75) is 33.1 Å². The predicted octanol–water partition coefficient (Wildman–Crippen LogP) is 2.61. The molecule has 0 radical (unpaired) electrons. The van der Waals surface area contributed by atoms with Crippen molar-refractivity contribution in [3.63, 3.8) is 0 Å². The molecule has 2 N–H and O–H groups in total. The first-order valence-electron chi connectivity index (χ1n) is 7.56. The van der Waals surface area contributed by atoms with Crippen LogP contribution in [0, 0.1) is 5.92 Å². The second kappa shape index (κ2) is 11.2. The zero-order chi connectivity index (χ0) is 15.7. The Hall–Kier alpha value is -1.39. The number of carbonyl (C=O) groups is 2.